The lowest BCUT2D eigenvalue weighted by molar-refractivity contribution is 0.000757. The Hall–Kier alpha value is -1.83. The molecule has 2 fully saturated rings. The molecule has 0 unspecified atom stereocenters. The number of aromatic nitrogens is 4. The highest BCUT2D eigenvalue weighted by Crippen LogP contribution is 2.38. The molecule has 134 valence electrons. The molecule has 7 heteroatoms. The maximum atomic E-state index is 9.86. The minimum absolute atomic E-state index is 0.166. The highest BCUT2D eigenvalue weighted by atomic mass is 16.5. The van der Waals surface area contributed by atoms with E-state index in [-0.39, 0.29) is 18.7 Å². The molecule has 1 aromatic carbocycles. The van der Waals surface area contributed by atoms with E-state index in [0.717, 1.165) is 44.7 Å². The lowest BCUT2D eigenvalue weighted by Crippen LogP contribution is -2.45. The van der Waals surface area contributed by atoms with Gasteiger partial charge in [-0.1, -0.05) is 30.3 Å². The van der Waals surface area contributed by atoms with Crippen LogP contribution in [0.3, 0.4) is 0 Å². The van der Waals surface area contributed by atoms with Gasteiger partial charge in [-0.3, -0.25) is 4.90 Å². The summed E-state index contributed by atoms with van der Waals surface area (Å²) < 4.78 is 7.43. The Labute approximate surface area is 147 Å². The van der Waals surface area contributed by atoms with Crippen LogP contribution in [0.15, 0.2) is 30.3 Å². The average Bonchev–Trinajstić information content (AvgIpc) is 3.29. The Kier molecular flexibility index (Phi) is 5.05. The van der Waals surface area contributed by atoms with Gasteiger partial charge in [0.1, 0.15) is 0 Å². The molecule has 7 nitrogen and oxygen atoms in total. The fourth-order valence-electron chi connectivity index (χ4n) is 4.21. The van der Waals surface area contributed by atoms with Gasteiger partial charge in [0.2, 0.25) is 0 Å². The van der Waals surface area contributed by atoms with E-state index in [4.69, 9.17) is 4.74 Å². The molecule has 25 heavy (non-hydrogen) atoms. The molecular formula is C18H25N5O2. The lowest BCUT2D eigenvalue weighted by Gasteiger charge is -2.38. The predicted molar refractivity (Wildman–Crippen MR) is 91.9 cm³/mol. The topological polar surface area (TPSA) is 76.3 Å². The van der Waals surface area contributed by atoms with Crippen molar-refractivity contribution in [2.45, 2.75) is 50.4 Å². The normalized spacial score (nSPS) is 25.5. The van der Waals surface area contributed by atoms with Gasteiger partial charge in [-0.25, -0.2) is 4.68 Å². The van der Waals surface area contributed by atoms with E-state index < -0.39 is 0 Å². The number of hydrogen-bond acceptors (Lipinski definition) is 6. The van der Waals surface area contributed by atoms with E-state index in [1.165, 1.54) is 5.56 Å². The van der Waals surface area contributed by atoms with Crippen LogP contribution in [0.5, 0.6) is 0 Å². The Bertz CT molecular complexity index is 671. The third-order valence-electron chi connectivity index (χ3n) is 5.41. The number of tetrazole rings is 1. The van der Waals surface area contributed by atoms with Crippen molar-refractivity contribution in [3.8, 4) is 0 Å². The smallest absolute Gasteiger partial charge is 0.168 e. The summed E-state index contributed by atoms with van der Waals surface area (Å²) >= 11 is 0. The summed E-state index contributed by atoms with van der Waals surface area (Å²) in [4.78, 5) is 2.45. The Morgan fingerprint density at radius 1 is 1.08 bits per heavy atom. The summed E-state index contributed by atoms with van der Waals surface area (Å²) in [6.07, 6.45) is 3.98. The molecule has 3 heterocycles. The first-order valence-corrected chi connectivity index (χ1v) is 9.13. The van der Waals surface area contributed by atoms with Crippen LogP contribution in [0.2, 0.25) is 0 Å². The summed E-state index contributed by atoms with van der Waals surface area (Å²) in [6, 6.07) is 11.0. The zero-order valence-electron chi connectivity index (χ0n) is 14.4. The Morgan fingerprint density at radius 2 is 1.88 bits per heavy atom. The molecule has 0 spiro atoms. The van der Waals surface area contributed by atoms with Gasteiger partial charge in [0.15, 0.2) is 5.82 Å². The van der Waals surface area contributed by atoms with Crippen molar-refractivity contribution in [3.05, 3.63) is 41.7 Å². The molecule has 2 aliphatic heterocycles. The van der Waals surface area contributed by atoms with Gasteiger partial charge in [-0.15, -0.1) is 5.10 Å². The van der Waals surface area contributed by atoms with Gasteiger partial charge in [-0.2, -0.15) is 0 Å². The largest absolute Gasteiger partial charge is 0.395 e. The molecule has 0 aliphatic carbocycles. The van der Waals surface area contributed by atoms with Crippen LogP contribution in [-0.4, -0.2) is 62.1 Å². The third-order valence-corrected chi connectivity index (χ3v) is 5.41. The van der Waals surface area contributed by atoms with Gasteiger partial charge in [0.25, 0.3) is 0 Å². The van der Waals surface area contributed by atoms with Crippen LogP contribution in [0, 0.1) is 0 Å². The van der Waals surface area contributed by atoms with Gasteiger partial charge < -0.3 is 9.84 Å². The van der Waals surface area contributed by atoms with Crippen molar-refractivity contribution in [1.29, 1.82) is 0 Å². The molecule has 2 aromatic rings. The second-order valence-electron chi connectivity index (χ2n) is 6.90. The van der Waals surface area contributed by atoms with Gasteiger partial charge >= 0.3 is 0 Å². The third kappa shape index (κ3) is 3.44. The van der Waals surface area contributed by atoms with Gasteiger partial charge in [0.05, 0.1) is 19.2 Å². The van der Waals surface area contributed by atoms with Crippen molar-refractivity contribution in [2.75, 3.05) is 19.8 Å². The second kappa shape index (κ2) is 7.59. The number of hydrogen-bond donors (Lipinski definition) is 1. The number of aliphatic hydroxyl groups is 1. The Balaban J connectivity index is 1.58. The summed E-state index contributed by atoms with van der Waals surface area (Å²) in [7, 11) is 0. The maximum absolute atomic E-state index is 9.86. The minimum Gasteiger partial charge on any atom is -0.395 e. The number of nitrogens with zero attached hydrogens (tertiary/aromatic N) is 5. The van der Waals surface area contributed by atoms with E-state index in [2.05, 4.69) is 32.6 Å². The number of aliphatic hydroxyl groups excluding tert-OH is 1. The number of likely N-dealkylation sites (tertiary alicyclic amines) is 1. The second-order valence-corrected chi connectivity index (χ2v) is 6.90. The lowest BCUT2D eigenvalue weighted by atomic mass is 10.0. The van der Waals surface area contributed by atoms with Crippen LogP contribution in [0.1, 0.15) is 43.1 Å². The van der Waals surface area contributed by atoms with Crippen molar-refractivity contribution in [1.82, 2.24) is 25.1 Å². The van der Waals surface area contributed by atoms with Gasteiger partial charge in [0, 0.05) is 25.3 Å². The zero-order valence-corrected chi connectivity index (χ0v) is 14.4. The van der Waals surface area contributed by atoms with Crippen molar-refractivity contribution in [2.24, 2.45) is 0 Å². The fraction of sp³-hybridized carbons (Fsp3) is 0.611. The minimum atomic E-state index is 0.166. The molecule has 2 aliphatic rings. The van der Waals surface area contributed by atoms with Crippen LogP contribution in [0.25, 0.3) is 0 Å². The number of benzene rings is 1. The highest BCUT2D eigenvalue weighted by Gasteiger charge is 2.41. The first-order valence-electron chi connectivity index (χ1n) is 9.13. The SMILES string of the molecule is OC[C@@H]1CC[C@@H](c2nnnn2Cc2ccccc2)N1C1CCOCC1. The molecule has 1 aromatic heterocycles. The summed E-state index contributed by atoms with van der Waals surface area (Å²) in [5.74, 6) is 0.909. The summed E-state index contributed by atoms with van der Waals surface area (Å²) in [5.41, 5.74) is 1.19. The number of rotatable bonds is 5. The monoisotopic (exact) mass is 343 g/mol. The first kappa shape index (κ1) is 16.6. The number of ether oxygens (including phenoxy) is 1. The molecule has 4 rings (SSSR count). The summed E-state index contributed by atoms with van der Waals surface area (Å²) in [5, 5.41) is 22.4. The highest BCUT2D eigenvalue weighted by molar-refractivity contribution is 5.15. The fourth-order valence-corrected chi connectivity index (χ4v) is 4.21. The van der Waals surface area contributed by atoms with Gasteiger partial charge in [-0.05, 0) is 41.7 Å². The molecule has 2 saturated heterocycles. The van der Waals surface area contributed by atoms with Crippen molar-refractivity contribution < 1.29 is 9.84 Å². The predicted octanol–water partition coefficient (Wildman–Crippen LogP) is 1.40. The van der Waals surface area contributed by atoms with Crippen LogP contribution < -0.4 is 0 Å². The average molecular weight is 343 g/mol. The molecule has 0 bridgehead atoms. The molecule has 0 amide bonds. The first-order chi connectivity index (χ1) is 12.4. The van der Waals surface area contributed by atoms with Crippen molar-refractivity contribution >= 4 is 0 Å². The molecule has 1 N–H and O–H groups in total. The Morgan fingerprint density at radius 3 is 2.64 bits per heavy atom. The van der Waals surface area contributed by atoms with Crippen LogP contribution >= 0.6 is 0 Å². The zero-order chi connectivity index (χ0) is 17.1. The molecule has 0 saturated carbocycles. The van der Waals surface area contributed by atoms with E-state index in [1.807, 2.05) is 22.9 Å². The molecular weight excluding hydrogens is 318 g/mol. The van der Waals surface area contributed by atoms with Crippen LogP contribution in [0.4, 0.5) is 0 Å². The van der Waals surface area contributed by atoms with E-state index in [0.29, 0.717) is 12.6 Å². The quantitative estimate of drug-likeness (QED) is 0.884. The van der Waals surface area contributed by atoms with Crippen LogP contribution in [-0.2, 0) is 11.3 Å². The molecule has 0 radical (unpaired) electrons. The summed E-state index contributed by atoms with van der Waals surface area (Å²) in [6.45, 7) is 2.45. The standard InChI is InChI=1S/C18H25N5O2/c24-13-16-6-7-17(23(16)15-8-10-25-11-9-15)18-19-20-21-22(18)12-14-4-2-1-3-5-14/h1-5,15-17,24H,6-13H2/t16-,17-/m0/s1. The van der Waals surface area contributed by atoms with E-state index in [9.17, 15) is 5.11 Å². The van der Waals surface area contributed by atoms with E-state index >= 15 is 0 Å². The van der Waals surface area contributed by atoms with Crippen molar-refractivity contribution in [3.63, 3.8) is 0 Å². The molecule has 2 atom stereocenters. The van der Waals surface area contributed by atoms with E-state index in [1.54, 1.807) is 0 Å². The maximum Gasteiger partial charge on any atom is 0.168 e.